The molecule has 1 aromatic carbocycles. The Morgan fingerprint density at radius 2 is 1.94 bits per heavy atom. The summed E-state index contributed by atoms with van der Waals surface area (Å²) < 4.78 is 19.2. The van der Waals surface area contributed by atoms with E-state index >= 15 is 0 Å². The molecule has 0 radical (unpaired) electrons. The van der Waals surface area contributed by atoms with Crippen LogP contribution in [0.1, 0.15) is 40.4 Å². The van der Waals surface area contributed by atoms with Crippen molar-refractivity contribution in [3.63, 3.8) is 0 Å². The number of ketones is 1. The summed E-state index contributed by atoms with van der Waals surface area (Å²) in [6, 6.07) is 6.28. The molecule has 0 aliphatic heterocycles. The van der Waals surface area contributed by atoms with Crippen LogP contribution >= 0.6 is 11.3 Å². The lowest BCUT2D eigenvalue weighted by Gasteiger charge is -2.17. The Morgan fingerprint density at radius 3 is 2.53 bits per heavy atom. The quantitative estimate of drug-likeness (QED) is 0.343. The second kappa shape index (κ2) is 11.5. The maximum Gasteiger partial charge on any atom is 0.353 e. The molecule has 172 valence electrons. The number of thiophene rings is 1. The van der Waals surface area contributed by atoms with Crippen LogP contribution in [0.25, 0.3) is 0 Å². The number of amides is 1. The van der Waals surface area contributed by atoms with Gasteiger partial charge in [0.1, 0.15) is 16.4 Å². The maximum atomic E-state index is 14.0. The molecule has 1 unspecified atom stereocenters. The van der Waals surface area contributed by atoms with E-state index in [1.54, 1.807) is 19.1 Å². The number of carboxylic acid groups (broad SMARTS) is 1. The minimum atomic E-state index is -1.19. The van der Waals surface area contributed by atoms with Crippen LogP contribution in [0.2, 0.25) is 0 Å². The first-order valence-corrected chi connectivity index (χ1v) is 10.7. The van der Waals surface area contributed by atoms with Crippen molar-refractivity contribution in [2.45, 2.75) is 39.2 Å². The van der Waals surface area contributed by atoms with Gasteiger partial charge in [0.25, 0.3) is 0 Å². The van der Waals surface area contributed by atoms with E-state index in [1.807, 2.05) is 0 Å². The summed E-state index contributed by atoms with van der Waals surface area (Å²) in [6.45, 7) is 3.16. The van der Waals surface area contributed by atoms with Crippen molar-refractivity contribution in [1.82, 2.24) is 5.32 Å². The fourth-order valence-corrected chi connectivity index (χ4v) is 3.90. The Balaban J connectivity index is 1.97. The summed E-state index contributed by atoms with van der Waals surface area (Å²) in [5, 5.41) is 11.3. The highest BCUT2D eigenvalue weighted by atomic mass is 32.1. The number of aliphatic carboxylic acids is 1. The van der Waals surface area contributed by atoms with Gasteiger partial charge >= 0.3 is 11.9 Å². The summed E-state index contributed by atoms with van der Waals surface area (Å²) in [7, 11) is 0. The molecule has 2 rings (SSSR count). The first-order chi connectivity index (χ1) is 15.1. The molecule has 32 heavy (non-hydrogen) atoms. The van der Waals surface area contributed by atoms with Crippen LogP contribution in [-0.2, 0) is 27.2 Å². The number of carboxylic acids is 1. The van der Waals surface area contributed by atoms with Gasteiger partial charge in [-0.15, -0.1) is 11.3 Å². The molecular weight excluding hydrogens is 439 g/mol. The van der Waals surface area contributed by atoms with Crippen molar-refractivity contribution in [2.75, 3.05) is 6.54 Å². The molecule has 0 fully saturated rings. The maximum absolute atomic E-state index is 14.0. The molecule has 0 aliphatic carbocycles. The van der Waals surface area contributed by atoms with Crippen molar-refractivity contribution in [3.8, 4) is 5.75 Å². The van der Waals surface area contributed by atoms with Crippen LogP contribution in [-0.4, -0.2) is 41.3 Å². The van der Waals surface area contributed by atoms with E-state index in [9.17, 15) is 23.6 Å². The minimum absolute atomic E-state index is 0.0738. The van der Waals surface area contributed by atoms with Crippen molar-refractivity contribution in [3.05, 3.63) is 51.5 Å². The highest BCUT2D eigenvalue weighted by Gasteiger charge is 2.24. The van der Waals surface area contributed by atoms with Crippen molar-refractivity contribution >= 4 is 35.0 Å². The Morgan fingerprint density at radius 1 is 1.22 bits per heavy atom. The predicted molar refractivity (Wildman–Crippen MR) is 116 cm³/mol. The zero-order valence-corrected chi connectivity index (χ0v) is 18.5. The topological polar surface area (TPSA) is 136 Å². The molecule has 1 aromatic heterocycles. The number of nitrogens with two attached hydrogens (primary N) is 1. The third-order valence-electron chi connectivity index (χ3n) is 4.65. The van der Waals surface area contributed by atoms with Crippen LogP contribution in [0.5, 0.6) is 5.75 Å². The molecule has 2 atom stereocenters. The molecule has 0 aliphatic rings. The van der Waals surface area contributed by atoms with Crippen molar-refractivity contribution in [2.24, 2.45) is 11.7 Å². The number of carbonyl (C=O) groups excluding carboxylic acids is 3. The fourth-order valence-electron chi connectivity index (χ4n) is 2.88. The SMILES string of the molecule is CC(=O)[C@H](CC(=O)O)NC(=O)C(C)Cc1ccc(C(=O)Oc2ccc(CCN)c(F)c2)s1. The second-order valence-electron chi connectivity index (χ2n) is 7.32. The van der Waals surface area contributed by atoms with Gasteiger partial charge < -0.3 is 20.9 Å². The summed E-state index contributed by atoms with van der Waals surface area (Å²) in [4.78, 5) is 48.1. The number of Topliss-reactive ketones (excluding diaryl/α,β-unsaturated/α-hetero) is 1. The average Bonchev–Trinajstić information content (AvgIpc) is 3.17. The highest BCUT2D eigenvalue weighted by Crippen LogP contribution is 2.23. The monoisotopic (exact) mass is 464 g/mol. The number of esters is 1. The van der Waals surface area contributed by atoms with Crippen LogP contribution in [0.15, 0.2) is 30.3 Å². The van der Waals surface area contributed by atoms with Crippen molar-refractivity contribution < 1.29 is 33.4 Å². The van der Waals surface area contributed by atoms with E-state index in [2.05, 4.69) is 5.32 Å². The number of rotatable bonds is 11. The van der Waals surface area contributed by atoms with E-state index in [0.717, 1.165) is 22.3 Å². The Bertz CT molecular complexity index is 1010. The number of hydrogen-bond acceptors (Lipinski definition) is 7. The fraction of sp³-hybridized carbons (Fsp3) is 0.364. The summed E-state index contributed by atoms with van der Waals surface area (Å²) in [6.07, 6.45) is 0.171. The number of hydrogen-bond donors (Lipinski definition) is 3. The molecule has 0 saturated heterocycles. The van der Waals surface area contributed by atoms with Gasteiger partial charge in [-0.05, 0) is 50.1 Å². The molecule has 2 aromatic rings. The van der Waals surface area contributed by atoms with E-state index in [1.165, 1.54) is 19.1 Å². The molecule has 8 nitrogen and oxygen atoms in total. The molecule has 1 amide bonds. The highest BCUT2D eigenvalue weighted by molar-refractivity contribution is 7.13. The van der Waals surface area contributed by atoms with Crippen LogP contribution in [0, 0.1) is 11.7 Å². The molecule has 4 N–H and O–H groups in total. The lowest BCUT2D eigenvalue weighted by atomic mass is 10.0. The molecule has 0 spiro atoms. The number of nitrogens with one attached hydrogen (secondary N) is 1. The zero-order chi connectivity index (χ0) is 23.8. The van der Waals surface area contributed by atoms with Gasteiger partial charge in [-0.2, -0.15) is 0 Å². The Hall–Kier alpha value is -3.11. The summed E-state index contributed by atoms with van der Waals surface area (Å²) in [5.41, 5.74) is 5.86. The minimum Gasteiger partial charge on any atom is -0.481 e. The largest absolute Gasteiger partial charge is 0.481 e. The molecule has 0 bridgehead atoms. The van der Waals surface area contributed by atoms with Gasteiger partial charge in [0.15, 0.2) is 5.78 Å². The van der Waals surface area contributed by atoms with Gasteiger partial charge in [0.05, 0.1) is 12.5 Å². The molecule has 0 saturated carbocycles. The van der Waals surface area contributed by atoms with Crippen LogP contribution in [0.4, 0.5) is 4.39 Å². The van der Waals surface area contributed by atoms with Crippen LogP contribution < -0.4 is 15.8 Å². The summed E-state index contributed by atoms with van der Waals surface area (Å²) in [5.74, 6) is -3.73. The van der Waals surface area contributed by atoms with Gasteiger partial charge in [0.2, 0.25) is 5.91 Å². The molecule has 1 heterocycles. The number of carbonyl (C=O) groups is 4. The lowest BCUT2D eigenvalue weighted by Crippen LogP contribution is -2.43. The third-order valence-corrected chi connectivity index (χ3v) is 5.74. The van der Waals surface area contributed by atoms with Gasteiger partial charge in [0, 0.05) is 16.9 Å². The van der Waals surface area contributed by atoms with Gasteiger partial charge in [-0.25, -0.2) is 9.18 Å². The smallest absolute Gasteiger partial charge is 0.353 e. The van der Waals surface area contributed by atoms with E-state index < -0.39 is 47.8 Å². The second-order valence-corrected chi connectivity index (χ2v) is 8.49. The lowest BCUT2D eigenvalue weighted by molar-refractivity contribution is -0.140. The van der Waals surface area contributed by atoms with Crippen LogP contribution in [0.3, 0.4) is 0 Å². The Kier molecular flexibility index (Phi) is 9.03. The van der Waals surface area contributed by atoms with E-state index in [-0.39, 0.29) is 17.0 Å². The number of benzene rings is 1. The predicted octanol–water partition coefficient (Wildman–Crippen LogP) is 2.33. The molecular formula is C22H25FN2O6S. The van der Waals surface area contributed by atoms with Crippen molar-refractivity contribution in [1.29, 1.82) is 0 Å². The van der Waals surface area contributed by atoms with Gasteiger partial charge in [-0.1, -0.05) is 13.0 Å². The zero-order valence-electron chi connectivity index (χ0n) is 17.7. The third kappa shape index (κ3) is 7.24. The summed E-state index contributed by atoms with van der Waals surface area (Å²) >= 11 is 1.13. The Labute approximate surface area is 188 Å². The average molecular weight is 465 g/mol. The first kappa shape index (κ1) is 25.2. The normalized spacial score (nSPS) is 12.6. The first-order valence-electron chi connectivity index (χ1n) is 9.92. The number of ether oxygens (including phenoxy) is 1. The van der Waals surface area contributed by atoms with E-state index in [4.69, 9.17) is 15.6 Å². The number of halogens is 1. The van der Waals surface area contributed by atoms with Gasteiger partial charge in [-0.3, -0.25) is 14.4 Å². The standard InChI is InChI=1S/C22H25FN2O6S/c1-12(21(29)25-18(13(2)26)11-20(27)28)9-16-5-6-19(32-16)22(30)31-15-4-3-14(7-8-24)17(23)10-15/h3-6,10,12,18H,7-9,11,24H2,1-2H3,(H,25,29)(H,27,28)/t12?,18-/m0/s1. The molecule has 10 heteroatoms. The van der Waals surface area contributed by atoms with E-state index in [0.29, 0.717) is 18.5 Å².